The van der Waals surface area contributed by atoms with Crippen LogP contribution < -0.4 is 10.2 Å². The second-order valence-electron chi connectivity index (χ2n) is 6.16. The molecule has 2 aromatic rings. The van der Waals surface area contributed by atoms with Gasteiger partial charge in [-0.3, -0.25) is 9.59 Å². The van der Waals surface area contributed by atoms with E-state index in [4.69, 9.17) is 0 Å². The molecule has 0 atom stereocenters. The Morgan fingerprint density at radius 2 is 1.65 bits per heavy atom. The third kappa shape index (κ3) is 2.72. The summed E-state index contributed by atoms with van der Waals surface area (Å²) in [5.74, 6) is -0.0675. The van der Waals surface area contributed by atoms with Crippen LogP contribution >= 0.6 is 0 Å². The lowest BCUT2D eigenvalue weighted by atomic mass is 10.1. The minimum Gasteiger partial charge on any atom is -0.349 e. The number of nitrogens with one attached hydrogen (secondary N) is 1. The first kappa shape index (κ1) is 14.0. The molecule has 1 fully saturated rings. The van der Waals surface area contributed by atoms with E-state index >= 15 is 0 Å². The van der Waals surface area contributed by atoms with Crippen LogP contribution in [0, 0.1) is 0 Å². The highest BCUT2D eigenvalue weighted by atomic mass is 16.2. The van der Waals surface area contributed by atoms with Gasteiger partial charge in [0.05, 0.1) is 0 Å². The number of benzene rings is 2. The Morgan fingerprint density at radius 1 is 0.957 bits per heavy atom. The molecule has 116 valence electrons. The van der Waals surface area contributed by atoms with Gasteiger partial charge in [-0.25, -0.2) is 0 Å². The predicted octanol–water partition coefficient (Wildman–Crippen LogP) is 2.78. The SMILES string of the molecule is O=C(NC1CC1)c1ccc(C(=O)N2CCc3ccccc32)cc1. The Labute approximate surface area is 135 Å². The maximum Gasteiger partial charge on any atom is 0.258 e. The molecule has 1 saturated carbocycles. The maximum absolute atomic E-state index is 12.7. The van der Waals surface area contributed by atoms with E-state index in [1.807, 2.05) is 23.1 Å². The molecule has 4 heteroatoms. The lowest BCUT2D eigenvalue weighted by Crippen LogP contribution is -2.29. The molecule has 0 saturated heterocycles. The zero-order chi connectivity index (χ0) is 15.8. The van der Waals surface area contributed by atoms with E-state index in [1.165, 1.54) is 5.56 Å². The number of para-hydroxylation sites is 1. The number of rotatable bonds is 3. The van der Waals surface area contributed by atoms with Crippen molar-refractivity contribution in [2.24, 2.45) is 0 Å². The quantitative estimate of drug-likeness (QED) is 0.948. The molecular weight excluding hydrogens is 288 g/mol. The summed E-state index contributed by atoms with van der Waals surface area (Å²) < 4.78 is 0. The van der Waals surface area contributed by atoms with Crippen LogP contribution in [0.3, 0.4) is 0 Å². The van der Waals surface area contributed by atoms with Crippen molar-refractivity contribution in [3.63, 3.8) is 0 Å². The lowest BCUT2D eigenvalue weighted by Gasteiger charge is -2.17. The van der Waals surface area contributed by atoms with Crippen molar-refractivity contribution in [2.45, 2.75) is 25.3 Å². The molecule has 2 aromatic carbocycles. The van der Waals surface area contributed by atoms with Gasteiger partial charge in [0.1, 0.15) is 0 Å². The first-order chi connectivity index (χ1) is 11.2. The van der Waals surface area contributed by atoms with Gasteiger partial charge in [-0.05, 0) is 55.2 Å². The molecule has 4 rings (SSSR count). The van der Waals surface area contributed by atoms with Gasteiger partial charge in [0.15, 0.2) is 0 Å². The number of carbonyl (C=O) groups is 2. The minimum atomic E-state index is -0.0574. The van der Waals surface area contributed by atoms with Crippen LogP contribution in [0.15, 0.2) is 48.5 Å². The predicted molar refractivity (Wildman–Crippen MR) is 88.8 cm³/mol. The number of fused-ring (bicyclic) bond motifs is 1. The number of anilines is 1. The maximum atomic E-state index is 12.7. The van der Waals surface area contributed by atoms with Gasteiger partial charge in [-0.15, -0.1) is 0 Å². The summed E-state index contributed by atoms with van der Waals surface area (Å²) in [5, 5.41) is 2.95. The molecule has 1 N–H and O–H groups in total. The fourth-order valence-electron chi connectivity index (χ4n) is 2.97. The molecule has 0 spiro atoms. The number of nitrogens with zero attached hydrogens (tertiary/aromatic N) is 1. The van der Waals surface area contributed by atoms with Gasteiger partial charge in [-0.1, -0.05) is 18.2 Å². The van der Waals surface area contributed by atoms with Crippen molar-refractivity contribution in [3.05, 3.63) is 65.2 Å². The van der Waals surface area contributed by atoms with Crippen molar-refractivity contribution in [1.82, 2.24) is 5.32 Å². The molecule has 1 aliphatic carbocycles. The molecule has 1 heterocycles. The number of hydrogen-bond donors (Lipinski definition) is 1. The molecule has 1 aliphatic heterocycles. The average Bonchev–Trinajstić information content (AvgIpc) is 3.30. The number of amides is 2. The van der Waals surface area contributed by atoms with E-state index in [-0.39, 0.29) is 11.8 Å². The Balaban J connectivity index is 1.52. The molecule has 0 aromatic heterocycles. The summed E-state index contributed by atoms with van der Waals surface area (Å²) in [7, 11) is 0. The van der Waals surface area contributed by atoms with Gasteiger partial charge < -0.3 is 10.2 Å². The summed E-state index contributed by atoms with van der Waals surface area (Å²) in [5.41, 5.74) is 3.43. The van der Waals surface area contributed by atoms with Crippen molar-refractivity contribution >= 4 is 17.5 Å². The van der Waals surface area contributed by atoms with Crippen LogP contribution in [0.2, 0.25) is 0 Å². The van der Waals surface area contributed by atoms with Crippen molar-refractivity contribution in [3.8, 4) is 0 Å². The molecule has 4 nitrogen and oxygen atoms in total. The zero-order valence-corrected chi connectivity index (χ0v) is 12.8. The molecule has 0 bridgehead atoms. The first-order valence-electron chi connectivity index (χ1n) is 8.03. The van der Waals surface area contributed by atoms with Crippen LogP contribution in [0.4, 0.5) is 5.69 Å². The number of hydrogen-bond acceptors (Lipinski definition) is 2. The van der Waals surface area contributed by atoms with Crippen LogP contribution in [0.1, 0.15) is 39.1 Å². The van der Waals surface area contributed by atoms with Crippen LogP contribution in [0.25, 0.3) is 0 Å². The molecule has 0 radical (unpaired) electrons. The van der Waals surface area contributed by atoms with E-state index in [0.717, 1.165) is 24.9 Å². The van der Waals surface area contributed by atoms with Gasteiger partial charge in [0.2, 0.25) is 0 Å². The number of carbonyl (C=O) groups excluding carboxylic acids is 2. The standard InChI is InChI=1S/C19H18N2O2/c22-18(20-16-9-10-16)14-5-7-15(8-6-14)19(23)21-12-11-13-3-1-2-4-17(13)21/h1-8,16H,9-12H2,(H,20,22). The first-order valence-corrected chi connectivity index (χ1v) is 8.03. The fourth-order valence-corrected chi connectivity index (χ4v) is 2.97. The van der Waals surface area contributed by atoms with Gasteiger partial charge in [0.25, 0.3) is 11.8 Å². The highest BCUT2D eigenvalue weighted by Gasteiger charge is 2.26. The second kappa shape index (κ2) is 5.54. The Kier molecular flexibility index (Phi) is 3.37. The monoisotopic (exact) mass is 306 g/mol. The minimum absolute atomic E-state index is 0.0101. The smallest absolute Gasteiger partial charge is 0.258 e. The van der Waals surface area contributed by atoms with E-state index in [0.29, 0.717) is 23.7 Å². The summed E-state index contributed by atoms with van der Waals surface area (Å²) in [6.45, 7) is 0.710. The van der Waals surface area contributed by atoms with Crippen LogP contribution in [-0.2, 0) is 6.42 Å². The summed E-state index contributed by atoms with van der Waals surface area (Å²) >= 11 is 0. The van der Waals surface area contributed by atoms with Crippen LogP contribution in [0.5, 0.6) is 0 Å². The Morgan fingerprint density at radius 3 is 2.39 bits per heavy atom. The molecule has 23 heavy (non-hydrogen) atoms. The summed E-state index contributed by atoms with van der Waals surface area (Å²) in [4.78, 5) is 26.5. The summed E-state index contributed by atoms with van der Waals surface area (Å²) in [6.07, 6.45) is 3.02. The highest BCUT2D eigenvalue weighted by Crippen LogP contribution is 2.28. The topological polar surface area (TPSA) is 49.4 Å². The highest BCUT2D eigenvalue weighted by molar-refractivity contribution is 6.07. The normalized spacial score (nSPS) is 16.1. The lowest BCUT2D eigenvalue weighted by molar-refractivity contribution is 0.0948. The largest absolute Gasteiger partial charge is 0.349 e. The third-order valence-corrected chi connectivity index (χ3v) is 4.44. The van der Waals surface area contributed by atoms with E-state index < -0.39 is 0 Å². The van der Waals surface area contributed by atoms with Crippen LogP contribution in [-0.4, -0.2) is 24.4 Å². The Bertz CT molecular complexity index is 763. The second-order valence-corrected chi connectivity index (χ2v) is 6.16. The van der Waals surface area contributed by atoms with Crippen molar-refractivity contribution in [1.29, 1.82) is 0 Å². The molecule has 2 amide bonds. The molecular formula is C19H18N2O2. The summed E-state index contributed by atoms with van der Waals surface area (Å²) in [6, 6.07) is 15.3. The van der Waals surface area contributed by atoms with E-state index in [9.17, 15) is 9.59 Å². The van der Waals surface area contributed by atoms with Crippen molar-refractivity contribution in [2.75, 3.05) is 11.4 Å². The van der Waals surface area contributed by atoms with E-state index in [1.54, 1.807) is 24.3 Å². The average molecular weight is 306 g/mol. The van der Waals surface area contributed by atoms with Gasteiger partial charge >= 0.3 is 0 Å². The fraction of sp³-hybridized carbons (Fsp3) is 0.263. The molecule has 2 aliphatic rings. The van der Waals surface area contributed by atoms with Crippen molar-refractivity contribution < 1.29 is 9.59 Å². The third-order valence-electron chi connectivity index (χ3n) is 4.44. The zero-order valence-electron chi connectivity index (χ0n) is 12.8. The Hall–Kier alpha value is -2.62. The van der Waals surface area contributed by atoms with Gasteiger partial charge in [0, 0.05) is 29.4 Å². The van der Waals surface area contributed by atoms with E-state index in [2.05, 4.69) is 11.4 Å². The van der Waals surface area contributed by atoms with Gasteiger partial charge in [-0.2, -0.15) is 0 Å². The molecule has 0 unspecified atom stereocenters.